The number of carbonyl (C=O) groups is 5. The lowest BCUT2D eigenvalue weighted by Gasteiger charge is -2.42. The van der Waals surface area contributed by atoms with Crippen LogP contribution in [0.2, 0.25) is 0 Å². The molecule has 0 aromatic carbocycles. The van der Waals surface area contributed by atoms with Crippen molar-refractivity contribution in [2.24, 2.45) is 35.5 Å². The fourth-order valence-electron chi connectivity index (χ4n) is 10.7. The lowest BCUT2D eigenvalue weighted by atomic mass is 9.77. The SMILES string of the molecule is CO[C@H]1C[C@@H]2CC[C@@H](C)[C@@](O)(O2)C(=O)C(=O)N2CCCCC2C(=O)O[C@H]([C@H](C)C[C@@H]2CC[C@@H]([n+]3ncn[nH]3)[C@H](OC)C2)CC(=O)[C@H](C)/C=C(\C)[C@@H](O)[C@@H](OC)C(=O)[C@@H](C)C[C@H](C)/C=C/C=C/C=C/1C. The van der Waals surface area contributed by atoms with Crippen LogP contribution in [0.4, 0.5) is 0 Å². The number of esters is 1. The van der Waals surface area contributed by atoms with E-state index in [2.05, 4.69) is 15.4 Å². The van der Waals surface area contributed by atoms with Gasteiger partial charge in [-0.15, -0.1) is 0 Å². The number of aliphatic hydroxyl groups excluding tert-OH is 1. The molecule has 4 heterocycles. The van der Waals surface area contributed by atoms with Crippen LogP contribution in [-0.2, 0) is 47.7 Å². The normalized spacial score (nSPS) is 38.8. The number of H-pyrrole nitrogens is 1. The number of tetrazole rings is 1. The number of carbonyl (C=O) groups excluding carboxylic acids is 5. The number of aromatic nitrogens is 4. The molecule has 17 nitrogen and oxygen atoms in total. The smallest absolute Gasteiger partial charge is 0.329 e. The molecule has 0 spiro atoms. The highest BCUT2D eigenvalue weighted by molar-refractivity contribution is 6.39. The fourth-order valence-corrected chi connectivity index (χ4v) is 10.7. The van der Waals surface area contributed by atoms with Crippen LogP contribution < -0.4 is 4.80 Å². The summed E-state index contributed by atoms with van der Waals surface area (Å²) in [4.78, 5) is 74.0. The standard InChI is InChI=1S/C52H79N5O12/c1-31-16-12-11-13-17-32(2)43(65-8)28-39-21-19-37(7)52(64,69-39)49(61)50(62)56-23-15-14-18-41(56)51(63)68-44(34(4)26-38-20-22-40(45(27-38)66-9)57-54-30-53-55-57)29-42(58)33(3)25-36(6)47(60)48(67-10)46(59)35(5)24-31/h11-13,16-17,25,30-31,33-35,37-41,43-45,47-48,60,64H,14-15,18-24,26-29H2,1-10H3/p+1/b13-11+,16-12+,32-17+,36-25+/t31-,33-,34-,35+,37-,38+,39+,40-,41?,43+,44+,45-,47-,48+,52-/m1/s1. The van der Waals surface area contributed by atoms with Gasteiger partial charge in [0.25, 0.3) is 18.0 Å². The summed E-state index contributed by atoms with van der Waals surface area (Å²) >= 11 is 0. The molecule has 69 heavy (non-hydrogen) atoms. The molecule has 2 bridgehead atoms. The molecule has 3 fully saturated rings. The molecular weight excluding hydrogens is 887 g/mol. The molecule has 15 atom stereocenters. The van der Waals surface area contributed by atoms with Crippen LogP contribution in [0, 0.1) is 35.5 Å². The van der Waals surface area contributed by atoms with Crippen LogP contribution in [0.3, 0.4) is 0 Å². The molecule has 3 N–H and O–H groups in total. The summed E-state index contributed by atoms with van der Waals surface area (Å²) in [5.74, 6) is -7.89. The Balaban J connectivity index is 1.46. The molecule has 0 radical (unpaired) electrons. The van der Waals surface area contributed by atoms with E-state index in [1.165, 1.54) is 18.3 Å². The summed E-state index contributed by atoms with van der Waals surface area (Å²) in [7, 11) is 4.63. The maximum atomic E-state index is 14.5. The Kier molecular flexibility index (Phi) is 20.8. The molecule has 1 aromatic heterocycles. The number of methoxy groups -OCH3 is 3. The second kappa shape index (κ2) is 25.7. The average molecular weight is 967 g/mol. The van der Waals surface area contributed by atoms with Crippen molar-refractivity contribution in [3.8, 4) is 0 Å². The van der Waals surface area contributed by atoms with E-state index in [4.69, 9.17) is 23.7 Å². The molecule has 4 aliphatic rings. The molecule has 2 saturated heterocycles. The molecular formula is C52H80N5O12+. The predicted octanol–water partition coefficient (Wildman–Crippen LogP) is 5.47. The van der Waals surface area contributed by atoms with E-state index in [0.717, 1.165) is 18.4 Å². The van der Waals surface area contributed by atoms with Gasteiger partial charge in [-0.2, -0.15) is 0 Å². The van der Waals surface area contributed by atoms with Crippen LogP contribution in [0.1, 0.15) is 132 Å². The number of cyclic esters (lactones) is 1. The van der Waals surface area contributed by atoms with Crippen molar-refractivity contribution in [2.45, 2.75) is 180 Å². The van der Waals surface area contributed by atoms with Gasteiger partial charge in [-0.25, -0.2) is 4.79 Å². The summed E-state index contributed by atoms with van der Waals surface area (Å²) in [5, 5.41) is 34.7. The van der Waals surface area contributed by atoms with E-state index in [9.17, 15) is 34.2 Å². The number of nitrogens with one attached hydrogen (secondary N) is 1. The van der Waals surface area contributed by atoms with Gasteiger partial charge in [-0.3, -0.25) is 19.2 Å². The third kappa shape index (κ3) is 14.2. The number of piperidine rings is 1. The Labute approximate surface area is 408 Å². The summed E-state index contributed by atoms with van der Waals surface area (Å²) in [6.07, 6.45) is 13.9. The molecule has 1 amide bonds. The van der Waals surface area contributed by atoms with Gasteiger partial charge in [0.2, 0.25) is 5.79 Å². The van der Waals surface area contributed by atoms with Crippen LogP contribution in [0.5, 0.6) is 0 Å². The summed E-state index contributed by atoms with van der Waals surface area (Å²) < 4.78 is 29.9. The molecule has 3 aliphatic heterocycles. The number of allylic oxidation sites excluding steroid dienone is 6. The highest BCUT2D eigenvalue weighted by Crippen LogP contribution is 2.38. The van der Waals surface area contributed by atoms with Gasteiger partial charge in [0.05, 0.1) is 17.3 Å². The van der Waals surface area contributed by atoms with Gasteiger partial charge in [0.15, 0.2) is 11.8 Å². The number of ketones is 3. The number of amides is 1. The van der Waals surface area contributed by atoms with Crippen molar-refractivity contribution in [3.05, 3.63) is 53.9 Å². The first kappa shape index (κ1) is 55.7. The number of nitrogens with zero attached hydrogens (tertiary/aromatic N) is 4. The molecule has 1 aromatic rings. The second-order valence-corrected chi connectivity index (χ2v) is 20.4. The van der Waals surface area contributed by atoms with Gasteiger partial charge < -0.3 is 38.8 Å². The molecule has 1 aliphatic carbocycles. The largest absolute Gasteiger partial charge is 0.460 e. The molecule has 17 heteroatoms. The maximum absolute atomic E-state index is 14.5. The van der Waals surface area contributed by atoms with Gasteiger partial charge in [0.1, 0.15) is 36.2 Å². The quantitative estimate of drug-likeness (QED) is 0.134. The zero-order chi connectivity index (χ0) is 50.6. The first-order chi connectivity index (χ1) is 32.8. The number of aromatic amines is 1. The molecule has 384 valence electrons. The summed E-state index contributed by atoms with van der Waals surface area (Å²) in [5.41, 5.74) is 1.27. The van der Waals surface area contributed by atoms with Gasteiger partial charge in [-0.1, -0.05) is 75.9 Å². The Bertz CT molecular complexity index is 2020. The van der Waals surface area contributed by atoms with Crippen molar-refractivity contribution < 1.29 is 62.7 Å². The number of fused-ring (bicyclic) bond motifs is 3. The Morgan fingerprint density at radius 1 is 0.913 bits per heavy atom. The Hall–Kier alpha value is -4.26. The third-order valence-corrected chi connectivity index (χ3v) is 15.2. The second-order valence-electron chi connectivity index (χ2n) is 20.4. The number of rotatable bonds is 7. The van der Waals surface area contributed by atoms with Crippen molar-refractivity contribution in [1.29, 1.82) is 0 Å². The van der Waals surface area contributed by atoms with Crippen LogP contribution >= 0.6 is 0 Å². The van der Waals surface area contributed by atoms with E-state index in [-0.39, 0.29) is 60.9 Å². The number of ether oxygens (including phenoxy) is 5. The van der Waals surface area contributed by atoms with E-state index in [0.29, 0.717) is 56.9 Å². The van der Waals surface area contributed by atoms with Crippen molar-refractivity contribution >= 4 is 29.2 Å². The maximum Gasteiger partial charge on any atom is 0.329 e. The first-order valence-electron chi connectivity index (χ1n) is 25.1. The summed E-state index contributed by atoms with van der Waals surface area (Å²) in [6.45, 7) is 12.8. The number of aliphatic hydroxyl groups is 2. The minimum Gasteiger partial charge on any atom is -0.460 e. The highest BCUT2D eigenvalue weighted by atomic mass is 16.6. The third-order valence-electron chi connectivity index (χ3n) is 15.2. The zero-order valence-electron chi connectivity index (χ0n) is 42.6. The number of Topliss-reactive ketones (excluding diaryl/α,β-unsaturated/α-hetero) is 3. The van der Waals surface area contributed by atoms with Gasteiger partial charge >= 0.3 is 5.97 Å². The predicted molar refractivity (Wildman–Crippen MR) is 255 cm³/mol. The van der Waals surface area contributed by atoms with Crippen LogP contribution in [-0.4, -0.2) is 136 Å². The molecule has 1 saturated carbocycles. The van der Waals surface area contributed by atoms with E-state index >= 15 is 0 Å². The minimum atomic E-state index is -2.43. The zero-order valence-corrected chi connectivity index (χ0v) is 42.6. The lowest BCUT2D eigenvalue weighted by molar-refractivity contribution is -0.834. The minimum absolute atomic E-state index is 0.0180. The lowest BCUT2D eigenvalue weighted by Crippen LogP contribution is -2.61. The highest BCUT2D eigenvalue weighted by Gasteiger charge is 2.53. The Morgan fingerprint density at radius 3 is 2.35 bits per heavy atom. The monoisotopic (exact) mass is 967 g/mol. The van der Waals surface area contributed by atoms with E-state index in [1.807, 2.05) is 58.1 Å². The number of hydrogen-bond acceptors (Lipinski definition) is 14. The van der Waals surface area contributed by atoms with Crippen molar-refractivity contribution in [2.75, 3.05) is 27.9 Å². The fraction of sp³-hybridized carbons (Fsp3) is 0.731. The van der Waals surface area contributed by atoms with E-state index in [1.54, 1.807) is 45.9 Å². The Morgan fingerprint density at radius 2 is 1.67 bits per heavy atom. The molecule has 1 unspecified atom stereocenters. The summed E-state index contributed by atoms with van der Waals surface area (Å²) in [6, 6.07) is -1.18. The van der Waals surface area contributed by atoms with Gasteiger partial charge in [-0.05, 0) is 117 Å². The van der Waals surface area contributed by atoms with Gasteiger partial charge in [0, 0.05) is 58.5 Å². The van der Waals surface area contributed by atoms with Crippen LogP contribution in [0.15, 0.2) is 53.9 Å². The molecule has 5 rings (SSSR count). The topological polar surface area (TPSA) is 221 Å². The van der Waals surface area contributed by atoms with E-state index < -0.39 is 77.8 Å². The average Bonchev–Trinajstić information content (AvgIpc) is 3.88. The van der Waals surface area contributed by atoms with Crippen molar-refractivity contribution in [1.82, 2.24) is 20.3 Å². The first-order valence-corrected chi connectivity index (χ1v) is 25.1. The van der Waals surface area contributed by atoms with Crippen molar-refractivity contribution in [3.63, 3.8) is 0 Å². The number of hydrogen-bond donors (Lipinski definition) is 3. The van der Waals surface area contributed by atoms with Crippen LogP contribution in [0.25, 0.3) is 0 Å².